The number of hydrogen-bond acceptors (Lipinski definition) is 6. The van der Waals surface area contributed by atoms with Gasteiger partial charge in [-0.05, 0) is 30.2 Å². The Bertz CT molecular complexity index is 1210. The first kappa shape index (κ1) is 22.6. The fraction of sp³-hybridized carbons (Fsp3) is 0.364. The maximum atomic E-state index is 13.2. The summed E-state index contributed by atoms with van der Waals surface area (Å²) in [4.78, 5) is 22.7. The van der Waals surface area contributed by atoms with Gasteiger partial charge in [-0.2, -0.15) is 4.31 Å². The molecule has 0 radical (unpaired) electrons. The van der Waals surface area contributed by atoms with Crippen LogP contribution in [0.2, 0.25) is 0 Å². The number of sulfonamides is 1. The number of carbonyl (C=O) groups excluding carboxylic acids is 1. The summed E-state index contributed by atoms with van der Waals surface area (Å²) in [5, 5.41) is 0.635. The van der Waals surface area contributed by atoms with Crippen molar-refractivity contribution in [2.75, 3.05) is 26.0 Å². The summed E-state index contributed by atoms with van der Waals surface area (Å²) >= 11 is 1.31. The number of thioether (sulfide) groups is 1. The van der Waals surface area contributed by atoms with E-state index in [9.17, 15) is 13.2 Å². The first-order valence-corrected chi connectivity index (χ1v) is 12.8. The number of nitrogens with one attached hydrogen (secondary N) is 1. The van der Waals surface area contributed by atoms with Crippen LogP contribution in [-0.2, 0) is 14.8 Å². The Balaban J connectivity index is 1.48. The molecule has 0 aliphatic carbocycles. The van der Waals surface area contributed by atoms with Crippen LogP contribution in [0.1, 0.15) is 13.8 Å². The summed E-state index contributed by atoms with van der Waals surface area (Å²) < 4.78 is 33.1. The zero-order valence-electron chi connectivity index (χ0n) is 18.2. The largest absolute Gasteiger partial charge is 0.497 e. The second kappa shape index (κ2) is 9.13. The predicted octanol–water partition coefficient (Wildman–Crippen LogP) is 3.18. The number of carbonyl (C=O) groups is 1. The lowest BCUT2D eigenvalue weighted by Gasteiger charge is -2.32. The minimum absolute atomic E-state index is 0.0522. The monoisotopic (exact) mass is 474 g/mol. The van der Waals surface area contributed by atoms with Crippen molar-refractivity contribution in [3.05, 3.63) is 48.5 Å². The van der Waals surface area contributed by atoms with Gasteiger partial charge in [0.15, 0.2) is 5.16 Å². The molecule has 1 atom stereocenters. The molecular weight excluding hydrogens is 448 g/mol. The van der Waals surface area contributed by atoms with Gasteiger partial charge in [-0.25, -0.2) is 13.4 Å². The number of ether oxygens (including phenoxy) is 1. The summed E-state index contributed by atoms with van der Waals surface area (Å²) in [5.41, 5.74) is 1.63. The van der Waals surface area contributed by atoms with Gasteiger partial charge >= 0.3 is 0 Å². The topological polar surface area (TPSA) is 95.6 Å². The second-order valence-electron chi connectivity index (χ2n) is 7.89. The molecule has 8 nitrogen and oxygen atoms in total. The van der Waals surface area contributed by atoms with Crippen molar-refractivity contribution >= 4 is 38.7 Å². The normalized spacial score (nSPS) is 17.4. The highest BCUT2D eigenvalue weighted by atomic mass is 32.2. The van der Waals surface area contributed by atoms with Gasteiger partial charge in [0.25, 0.3) is 0 Å². The molecule has 2 heterocycles. The second-order valence-corrected chi connectivity index (χ2v) is 10.7. The van der Waals surface area contributed by atoms with Crippen molar-refractivity contribution in [2.45, 2.75) is 30.1 Å². The minimum atomic E-state index is -3.69. The van der Waals surface area contributed by atoms with Crippen molar-refractivity contribution in [2.24, 2.45) is 5.92 Å². The summed E-state index contributed by atoms with van der Waals surface area (Å²) in [5.74, 6) is 0.728. The fourth-order valence-corrected chi connectivity index (χ4v) is 6.46. The molecule has 2 aromatic carbocycles. The molecule has 0 spiro atoms. The highest BCUT2D eigenvalue weighted by molar-refractivity contribution is 7.99. The lowest BCUT2D eigenvalue weighted by Crippen LogP contribution is -2.48. The van der Waals surface area contributed by atoms with Crippen molar-refractivity contribution in [3.8, 4) is 5.75 Å². The molecule has 1 aliphatic heterocycles. The molecule has 32 heavy (non-hydrogen) atoms. The minimum Gasteiger partial charge on any atom is -0.497 e. The quantitative estimate of drug-likeness (QED) is 0.529. The Hall–Kier alpha value is -2.56. The van der Waals surface area contributed by atoms with E-state index in [1.807, 2.05) is 32.0 Å². The van der Waals surface area contributed by atoms with Crippen molar-refractivity contribution in [1.82, 2.24) is 19.2 Å². The molecule has 4 rings (SSSR count). The third-order valence-electron chi connectivity index (χ3n) is 5.44. The van der Waals surface area contributed by atoms with E-state index in [0.29, 0.717) is 11.7 Å². The van der Waals surface area contributed by atoms with Crippen molar-refractivity contribution in [3.63, 3.8) is 0 Å². The SMILES string of the molecule is COc1ccc2nc(SCC(=O)N3CCN(S(=O)(=O)c4ccccc4)C3C(C)C)[nH]c2c1. The maximum Gasteiger partial charge on any atom is 0.244 e. The standard InChI is InChI=1S/C22H26N4O4S2/c1-15(2)21-25(11-12-26(21)32(28,29)17-7-5-4-6-8-17)20(27)14-31-22-23-18-10-9-16(30-3)13-19(18)24-22/h4-10,13,15,21H,11-12,14H2,1-3H3,(H,23,24). The van der Waals surface area contributed by atoms with Gasteiger partial charge in [-0.1, -0.05) is 43.8 Å². The lowest BCUT2D eigenvalue weighted by atomic mass is 10.1. The summed E-state index contributed by atoms with van der Waals surface area (Å²) in [6.45, 7) is 4.51. The zero-order valence-corrected chi connectivity index (χ0v) is 19.8. The highest BCUT2D eigenvalue weighted by Crippen LogP contribution is 2.30. The third-order valence-corrected chi connectivity index (χ3v) is 8.18. The summed E-state index contributed by atoms with van der Waals surface area (Å²) in [6, 6.07) is 13.9. The molecule has 10 heteroatoms. The van der Waals surface area contributed by atoms with Gasteiger partial charge in [0.05, 0.1) is 28.8 Å². The van der Waals surface area contributed by atoms with Crippen LogP contribution in [0.25, 0.3) is 11.0 Å². The number of imidazole rings is 1. The van der Waals surface area contributed by atoms with Gasteiger partial charge in [0, 0.05) is 19.2 Å². The van der Waals surface area contributed by atoms with E-state index in [4.69, 9.17) is 4.74 Å². The van der Waals surface area contributed by atoms with E-state index in [2.05, 4.69) is 9.97 Å². The van der Waals surface area contributed by atoms with E-state index in [-0.39, 0.29) is 29.0 Å². The average molecular weight is 475 g/mol. The number of nitrogens with zero attached hydrogens (tertiary/aromatic N) is 3. The number of aromatic amines is 1. The van der Waals surface area contributed by atoms with Crippen LogP contribution in [0.4, 0.5) is 0 Å². The summed E-state index contributed by atoms with van der Waals surface area (Å²) in [7, 11) is -2.08. The number of rotatable bonds is 7. The third kappa shape index (κ3) is 4.35. The Morgan fingerprint density at radius 3 is 2.66 bits per heavy atom. The van der Waals surface area contributed by atoms with Gasteiger partial charge < -0.3 is 14.6 Å². The van der Waals surface area contributed by atoms with E-state index >= 15 is 0 Å². The molecule has 1 unspecified atom stereocenters. The van der Waals surface area contributed by atoms with Crippen LogP contribution in [0.15, 0.2) is 58.6 Å². The number of benzene rings is 2. The van der Waals surface area contributed by atoms with Crippen LogP contribution in [0.3, 0.4) is 0 Å². The molecule has 1 N–H and O–H groups in total. The molecule has 170 valence electrons. The summed E-state index contributed by atoms with van der Waals surface area (Å²) in [6.07, 6.45) is -0.520. The number of amides is 1. The molecule has 1 fully saturated rings. The Morgan fingerprint density at radius 1 is 1.22 bits per heavy atom. The van der Waals surface area contributed by atoms with Gasteiger partial charge in [-0.15, -0.1) is 0 Å². The molecule has 0 saturated carbocycles. The van der Waals surface area contributed by atoms with Crippen LogP contribution < -0.4 is 4.74 Å². The molecule has 1 aromatic heterocycles. The number of fused-ring (bicyclic) bond motifs is 1. The molecular formula is C22H26N4O4S2. The molecule has 1 saturated heterocycles. The number of methoxy groups -OCH3 is 1. The Labute approximate surface area is 192 Å². The Morgan fingerprint density at radius 2 is 1.97 bits per heavy atom. The van der Waals surface area contributed by atoms with Crippen molar-refractivity contribution < 1.29 is 17.9 Å². The van der Waals surface area contributed by atoms with Crippen LogP contribution in [0, 0.1) is 5.92 Å². The molecule has 1 amide bonds. The number of hydrogen-bond donors (Lipinski definition) is 1. The fourth-order valence-electron chi connectivity index (χ4n) is 3.95. The highest BCUT2D eigenvalue weighted by Gasteiger charge is 2.43. The Kier molecular flexibility index (Phi) is 6.45. The lowest BCUT2D eigenvalue weighted by molar-refractivity contribution is -0.130. The van der Waals surface area contributed by atoms with Gasteiger partial charge in [-0.3, -0.25) is 4.79 Å². The van der Waals surface area contributed by atoms with Crippen LogP contribution >= 0.6 is 11.8 Å². The first-order chi connectivity index (χ1) is 15.3. The van der Waals surface area contributed by atoms with Gasteiger partial charge in [0.1, 0.15) is 11.9 Å². The maximum absolute atomic E-state index is 13.2. The van der Waals surface area contributed by atoms with Crippen molar-refractivity contribution in [1.29, 1.82) is 0 Å². The van der Waals surface area contributed by atoms with Crippen LogP contribution in [0.5, 0.6) is 5.75 Å². The molecule has 1 aliphatic rings. The first-order valence-electron chi connectivity index (χ1n) is 10.3. The molecule has 3 aromatic rings. The smallest absolute Gasteiger partial charge is 0.244 e. The average Bonchev–Trinajstić information content (AvgIpc) is 3.42. The van der Waals surface area contributed by atoms with E-state index < -0.39 is 16.2 Å². The number of aromatic nitrogens is 2. The van der Waals surface area contributed by atoms with E-state index in [0.717, 1.165) is 16.8 Å². The zero-order chi connectivity index (χ0) is 22.9. The molecule has 0 bridgehead atoms. The van der Waals surface area contributed by atoms with Gasteiger partial charge in [0.2, 0.25) is 15.9 Å². The number of H-pyrrole nitrogens is 1. The van der Waals surface area contributed by atoms with E-state index in [1.165, 1.54) is 16.1 Å². The van der Waals surface area contributed by atoms with E-state index in [1.54, 1.807) is 42.3 Å². The predicted molar refractivity (Wildman–Crippen MR) is 124 cm³/mol. The van der Waals surface area contributed by atoms with Crippen LogP contribution in [-0.4, -0.2) is 65.6 Å².